The van der Waals surface area contributed by atoms with Crippen molar-refractivity contribution in [3.05, 3.63) is 46.1 Å². The van der Waals surface area contributed by atoms with Gasteiger partial charge in [0, 0.05) is 16.1 Å². The second kappa shape index (κ2) is 6.27. The number of aromatic nitrogens is 2. The highest BCUT2D eigenvalue weighted by atomic mass is 79.9. The van der Waals surface area contributed by atoms with Crippen molar-refractivity contribution in [1.29, 1.82) is 0 Å². The molecule has 0 spiro atoms. The monoisotopic (exact) mass is 362 g/mol. The fraction of sp³-hybridized carbons (Fsp3) is 0.167. The summed E-state index contributed by atoms with van der Waals surface area (Å²) in [7, 11) is 0. The molecule has 0 amide bonds. The van der Waals surface area contributed by atoms with Crippen LogP contribution in [0, 0.1) is 0 Å². The number of hydrazine groups is 1. The van der Waals surface area contributed by atoms with Crippen LogP contribution in [0.3, 0.4) is 0 Å². The van der Waals surface area contributed by atoms with Gasteiger partial charge in [-0.05, 0) is 6.07 Å². The summed E-state index contributed by atoms with van der Waals surface area (Å²) in [4.78, 5) is 6.96. The van der Waals surface area contributed by atoms with Crippen molar-refractivity contribution >= 4 is 21.9 Å². The van der Waals surface area contributed by atoms with E-state index in [0.717, 1.165) is 16.1 Å². The molecule has 0 aliphatic heterocycles. The molecule has 0 aliphatic carbocycles. The standard InChI is InChI=1S/C12H10BrF3N4O/c13-8-4-2-1-3-7(8)6-21-10-5-9(12(14,15)16)18-11(19-10)20-17/h1-5H,6,17H2,(H,18,19,20). The molecular weight excluding hydrogens is 353 g/mol. The van der Waals surface area contributed by atoms with Crippen molar-refractivity contribution in [2.45, 2.75) is 12.8 Å². The van der Waals surface area contributed by atoms with E-state index in [9.17, 15) is 13.2 Å². The average Bonchev–Trinajstić information content (AvgIpc) is 2.45. The van der Waals surface area contributed by atoms with Gasteiger partial charge in [-0.2, -0.15) is 18.2 Å². The fourth-order valence-electron chi connectivity index (χ4n) is 1.48. The van der Waals surface area contributed by atoms with Crippen molar-refractivity contribution < 1.29 is 17.9 Å². The molecule has 5 nitrogen and oxygen atoms in total. The highest BCUT2D eigenvalue weighted by molar-refractivity contribution is 9.10. The van der Waals surface area contributed by atoms with Gasteiger partial charge in [0.05, 0.1) is 0 Å². The number of ether oxygens (including phenoxy) is 1. The van der Waals surface area contributed by atoms with Gasteiger partial charge in [-0.1, -0.05) is 34.1 Å². The Morgan fingerprint density at radius 3 is 2.57 bits per heavy atom. The zero-order valence-corrected chi connectivity index (χ0v) is 12.1. The average molecular weight is 363 g/mol. The number of nitrogen functional groups attached to an aromatic ring is 1. The first kappa shape index (κ1) is 15.5. The Bertz CT molecular complexity index is 636. The van der Waals surface area contributed by atoms with E-state index >= 15 is 0 Å². The molecule has 1 aromatic carbocycles. The molecule has 0 aliphatic rings. The van der Waals surface area contributed by atoms with Crippen molar-refractivity contribution in [1.82, 2.24) is 9.97 Å². The minimum Gasteiger partial charge on any atom is -0.473 e. The van der Waals surface area contributed by atoms with E-state index in [2.05, 4.69) is 25.9 Å². The van der Waals surface area contributed by atoms with Crippen molar-refractivity contribution in [2.75, 3.05) is 5.43 Å². The van der Waals surface area contributed by atoms with Crippen molar-refractivity contribution in [2.24, 2.45) is 5.84 Å². The molecule has 0 atom stereocenters. The lowest BCUT2D eigenvalue weighted by atomic mass is 10.2. The van der Waals surface area contributed by atoms with Gasteiger partial charge < -0.3 is 4.74 Å². The maximum Gasteiger partial charge on any atom is 0.433 e. The molecule has 0 fully saturated rings. The van der Waals surface area contributed by atoms with Gasteiger partial charge in [0.15, 0.2) is 5.69 Å². The summed E-state index contributed by atoms with van der Waals surface area (Å²) in [6.07, 6.45) is -4.61. The minimum atomic E-state index is -4.61. The van der Waals surface area contributed by atoms with E-state index < -0.39 is 11.9 Å². The number of hydrogen-bond acceptors (Lipinski definition) is 5. The van der Waals surface area contributed by atoms with E-state index in [-0.39, 0.29) is 18.4 Å². The van der Waals surface area contributed by atoms with E-state index in [1.165, 1.54) is 0 Å². The topological polar surface area (TPSA) is 73.1 Å². The molecule has 3 N–H and O–H groups in total. The van der Waals surface area contributed by atoms with Crippen LogP contribution in [0.5, 0.6) is 5.88 Å². The molecular formula is C12H10BrF3N4O. The number of benzene rings is 1. The number of nitrogens with zero attached hydrogens (tertiary/aromatic N) is 2. The lowest BCUT2D eigenvalue weighted by Crippen LogP contribution is -2.16. The van der Waals surface area contributed by atoms with Gasteiger partial charge in [0.1, 0.15) is 6.61 Å². The first-order valence-corrected chi connectivity index (χ1v) is 6.48. The maximum absolute atomic E-state index is 12.7. The molecule has 1 heterocycles. The summed E-state index contributed by atoms with van der Waals surface area (Å²) in [5.41, 5.74) is 1.62. The second-order valence-corrected chi connectivity index (χ2v) is 4.79. The Morgan fingerprint density at radius 1 is 1.24 bits per heavy atom. The largest absolute Gasteiger partial charge is 0.473 e. The van der Waals surface area contributed by atoms with Crippen LogP contribution in [-0.2, 0) is 12.8 Å². The molecule has 0 unspecified atom stereocenters. The number of rotatable bonds is 4. The number of hydrogen-bond donors (Lipinski definition) is 2. The van der Waals surface area contributed by atoms with Gasteiger partial charge in [0.25, 0.3) is 0 Å². The SMILES string of the molecule is NNc1nc(OCc2ccccc2Br)cc(C(F)(F)F)n1. The van der Waals surface area contributed by atoms with E-state index in [4.69, 9.17) is 10.6 Å². The summed E-state index contributed by atoms with van der Waals surface area (Å²) in [6, 6.07) is 7.90. The number of halogens is 4. The Labute approximate surface area is 126 Å². The molecule has 0 bridgehead atoms. The predicted octanol–water partition coefficient (Wildman–Crippen LogP) is 3.12. The van der Waals surface area contributed by atoms with Crippen LogP contribution in [0.2, 0.25) is 0 Å². The Kier molecular flexibility index (Phi) is 4.63. The summed E-state index contributed by atoms with van der Waals surface area (Å²) in [5, 5.41) is 0. The van der Waals surface area contributed by atoms with Gasteiger partial charge in [-0.3, -0.25) is 5.43 Å². The summed E-state index contributed by atoms with van der Waals surface area (Å²) in [5.74, 6) is 4.47. The molecule has 112 valence electrons. The summed E-state index contributed by atoms with van der Waals surface area (Å²) < 4.78 is 44.1. The van der Waals surface area contributed by atoms with Gasteiger partial charge >= 0.3 is 6.18 Å². The lowest BCUT2D eigenvalue weighted by Gasteiger charge is -2.11. The number of alkyl halides is 3. The van der Waals surface area contributed by atoms with Crippen LogP contribution < -0.4 is 16.0 Å². The molecule has 1 aromatic heterocycles. The molecule has 2 aromatic rings. The van der Waals surface area contributed by atoms with E-state index in [1.54, 1.807) is 18.2 Å². The summed E-state index contributed by atoms with van der Waals surface area (Å²) >= 11 is 3.32. The smallest absolute Gasteiger partial charge is 0.433 e. The quantitative estimate of drug-likeness (QED) is 0.645. The van der Waals surface area contributed by atoms with E-state index in [0.29, 0.717) is 0 Å². The van der Waals surface area contributed by atoms with Crippen LogP contribution in [0.15, 0.2) is 34.8 Å². The maximum atomic E-state index is 12.7. The van der Waals surface area contributed by atoms with Crippen LogP contribution in [-0.4, -0.2) is 9.97 Å². The van der Waals surface area contributed by atoms with Gasteiger partial charge in [-0.25, -0.2) is 10.8 Å². The Morgan fingerprint density at radius 2 is 1.95 bits per heavy atom. The Hall–Kier alpha value is -1.87. The Balaban J connectivity index is 2.22. The molecule has 9 heteroatoms. The zero-order chi connectivity index (χ0) is 15.5. The van der Waals surface area contributed by atoms with E-state index in [1.807, 2.05) is 11.5 Å². The third kappa shape index (κ3) is 4.05. The minimum absolute atomic E-state index is 0.0553. The normalized spacial score (nSPS) is 11.3. The third-order valence-electron chi connectivity index (χ3n) is 2.46. The van der Waals surface area contributed by atoms with Gasteiger partial charge in [-0.15, -0.1) is 0 Å². The van der Waals surface area contributed by atoms with Crippen LogP contribution in [0.1, 0.15) is 11.3 Å². The van der Waals surface area contributed by atoms with Crippen LogP contribution in [0.4, 0.5) is 19.1 Å². The van der Waals surface area contributed by atoms with Crippen molar-refractivity contribution in [3.63, 3.8) is 0 Å². The zero-order valence-electron chi connectivity index (χ0n) is 10.5. The fourth-order valence-corrected chi connectivity index (χ4v) is 1.88. The molecule has 0 saturated heterocycles. The molecule has 2 rings (SSSR count). The highest BCUT2D eigenvalue weighted by Gasteiger charge is 2.34. The van der Waals surface area contributed by atoms with Crippen molar-refractivity contribution in [3.8, 4) is 5.88 Å². The van der Waals surface area contributed by atoms with Crippen LogP contribution in [0.25, 0.3) is 0 Å². The first-order chi connectivity index (χ1) is 9.90. The lowest BCUT2D eigenvalue weighted by molar-refractivity contribution is -0.141. The number of anilines is 1. The predicted molar refractivity (Wildman–Crippen MR) is 73.3 cm³/mol. The van der Waals surface area contributed by atoms with Gasteiger partial charge in [0.2, 0.25) is 11.8 Å². The molecule has 0 radical (unpaired) electrons. The summed E-state index contributed by atoms with van der Waals surface area (Å²) in [6.45, 7) is 0.0553. The third-order valence-corrected chi connectivity index (χ3v) is 3.23. The first-order valence-electron chi connectivity index (χ1n) is 5.69. The van der Waals surface area contributed by atoms with Crippen LogP contribution >= 0.6 is 15.9 Å². The molecule has 0 saturated carbocycles. The molecule has 21 heavy (non-hydrogen) atoms. The highest BCUT2D eigenvalue weighted by Crippen LogP contribution is 2.30. The number of nitrogens with two attached hydrogens (primary N) is 1. The second-order valence-electron chi connectivity index (χ2n) is 3.94. The number of nitrogens with one attached hydrogen (secondary N) is 1.